The van der Waals surface area contributed by atoms with Crippen LogP contribution in [0.2, 0.25) is 0 Å². The van der Waals surface area contributed by atoms with Crippen molar-refractivity contribution in [1.29, 1.82) is 0 Å². The maximum atomic E-state index is 12.2. The molecule has 7 nitrogen and oxygen atoms in total. The number of guanidine groups is 1. The predicted octanol–water partition coefficient (Wildman–Crippen LogP) is 3.52. The molecule has 0 bridgehead atoms. The van der Waals surface area contributed by atoms with Gasteiger partial charge >= 0.3 is 0 Å². The summed E-state index contributed by atoms with van der Waals surface area (Å²) >= 11 is 0. The second-order valence-corrected chi connectivity index (χ2v) is 9.96. The van der Waals surface area contributed by atoms with Crippen molar-refractivity contribution in [2.45, 2.75) is 30.7 Å². The van der Waals surface area contributed by atoms with Crippen LogP contribution in [0, 0.1) is 0 Å². The van der Waals surface area contributed by atoms with Crippen LogP contribution in [-0.4, -0.2) is 64.4 Å². The number of aliphatic imine (C=N–C) groups is 1. The maximum Gasteiger partial charge on any atom is 0.242 e. The van der Waals surface area contributed by atoms with Crippen LogP contribution in [0.3, 0.4) is 0 Å². The fourth-order valence-electron chi connectivity index (χ4n) is 3.67. The van der Waals surface area contributed by atoms with Crippen LogP contribution in [0.1, 0.15) is 30.4 Å². The summed E-state index contributed by atoms with van der Waals surface area (Å²) in [6, 6.07) is 15.2. The Morgan fingerprint density at radius 3 is 2.38 bits per heavy atom. The molecule has 0 saturated carbocycles. The Balaban J connectivity index is 0.00000363. The van der Waals surface area contributed by atoms with Gasteiger partial charge in [-0.25, -0.2) is 17.7 Å². The molecule has 0 spiro atoms. The van der Waals surface area contributed by atoms with Gasteiger partial charge in [0.05, 0.1) is 18.6 Å². The summed E-state index contributed by atoms with van der Waals surface area (Å²) in [5.74, 6) is 2.23. The lowest BCUT2D eigenvalue weighted by molar-refractivity contribution is 0.414. The monoisotopic (exact) mass is 572 g/mol. The molecule has 32 heavy (non-hydrogen) atoms. The molecule has 1 aliphatic rings. The van der Waals surface area contributed by atoms with Gasteiger partial charge in [-0.15, -0.1) is 24.0 Å². The van der Waals surface area contributed by atoms with Crippen LogP contribution < -0.4 is 10.1 Å². The van der Waals surface area contributed by atoms with Crippen molar-refractivity contribution in [3.8, 4) is 5.75 Å². The summed E-state index contributed by atoms with van der Waals surface area (Å²) in [5, 5.41) is 3.39. The van der Waals surface area contributed by atoms with E-state index in [4.69, 9.17) is 9.73 Å². The van der Waals surface area contributed by atoms with Gasteiger partial charge in [-0.3, -0.25) is 0 Å². The Morgan fingerprint density at radius 2 is 1.81 bits per heavy atom. The topological polar surface area (TPSA) is 74.2 Å². The second-order valence-electron chi connectivity index (χ2n) is 7.81. The zero-order valence-electron chi connectivity index (χ0n) is 19.1. The lowest BCUT2D eigenvalue weighted by Gasteiger charge is -2.22. The van der Waals surface area contributed by atoms with Gasteiger partial charge in [0.25, 0.3) is 0 Å². The lowest BCUT2D eigenvalue weighted by Crippen LogP contribution is -2.40. The zero-order valence-corrected chi connectivity index (χ0v) is 22.3. The number of nitrogens with one attached hydrogen (secondary N) is 1. The van der Waals surface area contributed by atoms with Crippen molar-refractivity contribution in [3.63, 3.8) is 0 Å². The van der Waals surface area contributed by atoms with Gasteiger partial charge in [-0.05, 0) is 48.7 Å². The first-order valence-corrected chi connectivity index (χ1v) is 12.0. The molecule has 2 aromatic rings. The molecule has 9 heteroatoms. The normalized spacial score (nSPS) is 16.7. The van der Waals surface area contributed by atoms with E-state index < -0.39 is 10.0 Å². The van der Waals surface area contributed by atoms with E-state index in [0.29, 0.717) is 17.4 Å². The highest BCUT2D eigenvalue weighted by molar-refractivity contribution is 14.0. The highest BCUT2D eigenvalue weighted by Gasteiger charge is 2.26. The van der Waals surface area contributed by atoms with Crippen molar-refractivity contribution < 1.29 is 13.2 Å². The summed E-state index contributed by atoms with van der Waals surface area (Å²) in [6.45, 7) is 5.21. The Kier molecular flexibility index (Phi) is 9.78. The van der Waals surface area contributed by atoms with Crippen molar-refractivity contribution >= 4 is 40.0 Å². The van der Waals surface area contributed by atoms with E-state index in [1.54, 1.807) is 19.2 Å². The number of methoxy groups -OCH3 is 1. The molecule has 1 fully saturated rings. The third-order valence-corrected chi connectivity index (χ3v) is 7.35. The van der Waals surface area contributed by atoms with Gasteiger partial charge in [0.15, 0.2) is 5.96 Å². The van der Waals surface area contributed by atoms with Crippen LogP contribution >= 0.6 is 24.0 Å². The summed E-state index contributed by atoms with van der Waals surface area (Å²) in [5.41, 5.74) is 2.29. The van der Waals surface area contributed by atoms with Gasteiger partial charge in [0, 0.05) is 39.6 Å². The first kappa shape index (κ1) is 26.4. The van der Waals surface area contributed by atoms with E-state index in [-0.39, 0.29) is 24.0 Å². The fourth-order valence-corrected chi connectivity index (χ4v) is 4.57. The number of hydrogen-bond donors (Lipinski definition) is 1. The van der Waals surface area contributed by atoms with E-state index >= 15 is 0 Å². The highest BCUT2D eigenvalue weighted by Crippen LogP contribution is 2.28. The molecule has 3 rings (SSSR count). The first-order valence-electron chi connectivity index (χ1n) is 10.5. The largest absolute Gasteiger partial charge is 0.497 e. The average molecular weight is 573 g/mol. The molecular weight excluding hydrogens is 539 g/mol. The minimum absolute atomic E-state index is 0. The minimum Gasteiger partial charge on any atom is -0.497 e. The summed E-state index contributed by atoms with van der Waals surface area (Å²) < 4.78 is 30.9. The van der Waals surface area contributed by atoms with Gasteiger partial charge in [0.2, 0.25) is 10.0 Å². The number of likely N-dealkylation sites (tertiary alicyclic amines) is 1. The first-order chi connectivity index (χ1) is 14.8. The molecule has 0 radical (unpaired) electrons. The van der Waals surface area contributed by atoms with Crippen LogP contribution in [0.5, 0.6) is 5.75 Å². The molecule has 2 aromatic carbocycles. The number of nitrogens with zero attached hydrogens (tertiary/aromatic N) is 3. The van der Waals surface area contributed by atoms with Gasteiger partial charge < -0.3 is 15.0 Å². The van der Waals surface area contributed by atoms with Crippen molar-refractivity contribution in [1.82, 2.24) is 14.5 Å². The maximum absolute atomic E-state index is 12.2. The van der Waals surface area contributed by atoms with Gasteiger partial charge in [-0.2, -0.15) is 0 Å². The number of rotatable bonds is 7. The molecule has 1 unspecified atom stereocenters. The summed E-state index contributed by atoms with van der Waals surface area (Å²) in [6.07, 6.45) is 1.08. The third kappa shape index (κ3) is 6.35. The SMILES string of the molecule is CCNC(=NCc1ccc(S(=O)(=O)N(C)C)cc1)N1CCC(c2ccc(OC)cc2)C1.I. The molecule has 1 saturated heterocycles. The number of halogens is 1. The molecule has 1 aliphatic heterocycles. The van der Waals surface area contributed by atoms with Crippen molar-refractivity contribution in [2.24, 2.45) is 4.99 Å². The molecule has 176 valence electrons. The van der Waals surface area contributed by atoms with Crippen LogP contribution in [0.25, 0.3) is 0 Å². The molecule has 1 heterocycles. The lowest BCUT2D eigenvalue weighted by atomic mass is 9.98. The Labute approximate surface area is 208 Å². The Morgan fingerprint density at radius 1 is 1.16 bits per heavy atom. The third-order valence-electron chi connectivity index (χ3n) is 5.52. The zero-order chi connectivity index (χ0) is 22.4. The number of sulfonamides is 1. The highest BCUT2D eigenvalue weighted by atomic mass is 127. The summed E-state index contributed by atoms with van der Waals surface area (Å²) in [4.78, 5) is 7.39. The molecule has 0 aliphatic carbocycles. The second kappa shape index (κ2) is 11.9. The van der Waals surface area contributed by atoms with E-state index in [0.717, 1.165) is 43.3 Å². The minimum atomic E-state index is -3.41. The standard InChI is InChI=1S/C23H32N4O3S.HI/c1-5-24-23(25-16-18-6-12-22(13-7-18)31(28,29)26(2)3)27-15-14-20(17-27)19-8-10-21(30-4)11-9-19;/h6-13,20H,5,14-17H2,1-4H3,(H,24,25);1H. The predicted molar refractivity (Wildman–Crippen MR) is 139 cm³/mol. The van der Waals surface area contributed by atoms with Crippen molar-refractivity contribution in [3.05, 3.63) is 59.7 Å². The van der Waals surface area contributed by atoms with E-state index in [1.165, 1.54) is 24.0 Å². The van der Waals surface area contributed by atoms with Crippen LogP contribution in [-0.2, 0) is 16.6 Å². The van der Waals surface area contributed by atoms with E-state index in [1.807, 2.05) is 24.3 Å². The van der Waals surface area contributed by atoms with Crippen LogP contribution in [0.4, 0.5) is 0 Å². The quantitative estimate of drug-likeness (QED) is 0.313. The van der Waals surface area contributed by atoms with Gasteiger partial charge in [-0.1, -0.05) is 24.3 Å². The van der Waals surface area contributed by atoms with E-state index in [9.17, 15) is 8.42 Å². The Hall–Kier alpha value is -1.85. The van der Waals surface area contributed by atoms with Crippen molar-refractivity contribution in [2.75, 3.05) is 40.8 Å². The smallest absolute Gasteiger partial charge is 0.242 e. The molecule has 1 atom stereocenters. The fraction of sp³-hybridized carbons (Fsp3) is 0.435. The Bertz CT molecular complexity index is 993. The number of hydrogen-bond acceptors (Lipinski definition) is 4. The van der Waals surface area contributed by atoms with Crippen LogP contribution in [0.15, 0.2) is 58.4 Å². The molecular formula is C23H33IN4O3S. The average Bonchev–Trinajstić information content (AvgIpc) is 3.27. The number of ether oxygens (including phenoxy) is 1. The van der Waals surface area contributed by atoms with Gasteiger partial charge in [0.1, 0.15) is 5.75 Å². The molecule has 1 N–H and O–H groups in total. The summed E-state index contributed by atoms with van der Waals surface area (Å²) in [7, 11) is 1.33. The molecule has 0 amide bonds. The van der Waals surface area contributed by atoms with E-state index in [2.05, 4.69) is 29.3 Å². The molecule has 0 aromatic heterocycles. The number of benzene rings is 2.